The molecule has 2 heterocycles. The van der Waals surface area contributed by atoms with E-state index >= 15 is 0 Å². The molecule has 0 spiro atoms. The van der Waals surface area contributed by atoms with Gasteiger partial charge < -0.3 is 16.4 Å². The van der Waals surface area contributed by atoms with E-state index in [2.05, 4.69) is 23.7 Å². The summed E-state index contributed by atoms with van der Waals surface area (Å²) < 4.78 is 0. The van der Waals surface area contributed by atoms with Gasteiger partial charge in [0.25, 0.3) is 0 Å². The Morgan fingerprint density at radius 3 is 2.44 bits per heavy atom. The maximum absolute atomic E-state index is 5.96. The smallest absolute Gasteiger partial charge is 0.151 e. The first-order chi connectivity index (χ1) is 7.56. The van der Waals surface area contributed by atoms with Gasteiger partial charge in [0.2, 0.25) is 0 Å². The second kappa shape index (κ2) is 4.20. The molecular formula is C12H20N4. The molecule has 0 unspecified atom stereocenters. The van der Waals surface area contributed by atoms with Crippen LogP contribution in [0.2, 0.25) is 0 Å². The molecule has 88 valence electrons. The Kier molecular flexibility index (Phi) is 2.90. The van der Waals surface area contributed by atoms with Gasteiger partial charge in [-0.1, -0.05) is 13.8 Å². The summed E-state index contributed by atoms with van der Waals surface area (Å²) in [6.45, 7) is 6.61. The van der Waals surface area contributed by atoms with E-state index in [4.69, 9.17) is 11.5 Å². The van der Waals surface area contributed by atoms with Gasteiger partial charge in [-0.05, 0) is 24.3 Å². The molecule has 4 N–H and O–H groups in total. The van der Waals surface area contributed by atoms with E-state index in [9.17, 15) is 0 Å². The summed E-state index contributed by atoms with van der Waals surface area (Å²) >= 11 is 0. The molecule has 1 aliphatic rings. The number of piperidine rings is 1. The molecule has 1 aromatic rings. The van der Waals surface area contributed by atoms with Crippen LogP contribution in [0.1, 0.15) is 20.3 Å². The van der Waals surface area contributed by atoms with Gasteiger partial charge in [0.15, 0.2) is 5.82 Å². The van der Waals surface area contributed by atoms with E-state index in [1.807, 2.05) is 0 Å². The third-order valence-electron chi connectivity index (χ3n) is 3.08. The number of anilines is 3. The molecule has 0 bridgehead atoms. The highest BCUT2D eigenvalue weighted by Gasteiger charge is 2.23. The quantitative estimate of drug-likeness (QED) is 0.756. The predicted molar refractivity (Wildman–Crippen MR) is 68.2 cm³/mol. The molecule has 4 heteroatoms. The zero-order chi connectivity index (χ0) is 11.7. The van der Waals surface area contributed by atoms with Crippen molar-refractivity contribution in [3.8, 4) is 0 Å². The van der Waals surface area contributed by atoms with Crippen molar-refractivity contribution in [1.82, 2.24) is 4.98 Å². The Morgan fingerprint density at radius 2 is 1.88 bits per heavy atom. The number of pyridine rings is 1. The summed E-state index contributed by atoms with van der Waals surface area (Å²) in [7, 11) is 0. The van der Waals surface area contributed by atoms with Gasteiger partial charge in [0, 0.05) is 13.1 Å². The van der Waals surface area contributed by atoms with Crippen molar-refractivity contribution in [2.75, 3.05) is 29.5 Å². The van der Waals surface area contributed by atoms with Crippen molar-refractivity contribution in [2.45, 2.75) is 20.3 Å². The lowest BCUT2D eigenvalue weighted by atomic mass is 9.92. The van der Waals surface area contributed by atoms with Gasteiger partial charge in [-0.15, -0.1) is 0 Å². The average Bonchev–Trinajstić information content (AvgIpc) is 2.15. The summed E-state index contributed by atoms with van der Waals surface area (Å²) in [5.41, 5.74) is 12.9. The van der Waals surface area contributed by atoms with Crippen LogP contribution in [0.15, 0.2) is 12.3 Å². The van der Waals surface area contributed by atoms with Crippen LogP contribution < -0.4 is 16.4 Å². The third kappa shape index (κ3) is 2.21. The minimum absolute atomic E-state index is 0.624. The Labute approximate surface area is 96.6 Å². The Balaban J connectivity index is 2.23. The van der Waals surface area contributed by atoms with E-state index in [1.54, 1.807) is 12.3 Å². The standard InChI is InChI=1S/C12H20N4/c1-8-3-9(2)7-16(6-8)12-11(14)4-10(13)5-15-12/h4-5,8-9H,3,6-7,13-14H2,1-2H3/t8-,9+. The van der Waals surface area contributed by atoms with Crippen LogP contribution in [0.5, 0.6) is 0 Å². The van der Waals surface area contributed by atoms with Crippen LogP contribution in [-0.2, 0) is 0 Å². The van der Waals surface area contributed by atoms with Crippen molar-refractivity contribution in [3.63, 3.8) is 0 Å². The van der Waals surface area contributed by atoms with Gasteiger partial charge >= 0.3 is 0 Å². The third-order valence-corrected chi connectivity index (χ3v) is 3.08. The van der Waals surface area contributed by atoms with Gasteiger partial charge in [-0.3, -0.25) is 0 Å². The molecule has 4 nitrogen and oxygen atoms in total. The van der Waals surface area contributed by atoms with Gasteiger partial charge in [0.05, 0.1) is 17.6 Å². The lowest BCUT2D eigenvalue weighted by Crippen LogP contribution is -2.39. The minimum atomic E-state index is 0.624. The number of rotatable bonds is 1. The highest BCUT2D eigenvalue weighted by atomic mass is 15.2. The molecule has 0 amide bonds. The lowest BCUT2D eigenvalue weighted by molar-refractivity contribution is 0.355. The minimum Gasteiger partial charge on any atom is -0.397 e. The fraction of sp³-hybridized carbons (Fsp3) is 0.583. The molecule has 0 aromatic carbocycles. The van der Waals surface area contributed by atoms with Crippen LogP contribution in [0.25, 0.3) is 0 Å². The molecule has 1 aliphatic heterocycles. The van der Waals surface area contributed by atoms with E-state index in [0.29, 0.717) is 23.2 Å². The number of aromatic nitrogens is 1. The number of nitrogens with two attached hydrogens (primary N) is 2. The normalized spacial score (nSPS) is 25.8. The zero-order valence-electron chi connectivity index (χ0n) is 9.98. The van der Waals surface area contributed by atoms with E-state index < -0.39 is 0 Å². The molecule has 1 fully saturated rings. The van der Waals surface area contributed by atoms with Crippen molar-refractivity contribution >= 4 is 17.2 Å². The molecule has 2 rings (SSSR count). The van der Waals surface area contributed by atoms with E-state index in [1.165, 1.54) is 6.42 Å². The molecule has 0 radical (unpaired) electrons. The number of nitrogen functional groups attached to an aromatic ring is 2. The van der Waals surface area contributed by atoms with Crippen molar-refractivity contribution in [3.05, 3.63) is 12.3 Å². The highest BCUT2D eigenvalue weighted by Crippen LogP contribution is 2.29. The highest BCUT2D eigenvalue weighted by molar-refractivity contribution is 5.67. The second-order valence-electron chi connectivity index (χ2n) is 5.03. The zero-order valence-corrected chi connectivity index (χ0v) is 9.98. The van der Waals surface area contributed by atoms with Gasteiger partial charge in [0.1, 0.15) is 0 Å². The van der Waals surface area contributed by atoms with E-state index in [0.717, 1.165) is 18.9 Å². The molecule has 1 aromatic heterocycles. The molecule has 16 heavy (non-hydrogen) atoms. The second-order valence-corrected chi connectivity index (χ2v) is 5.03. The fourth-order valence-corrected chi connectivity index (χ4v) is 2.59. The fourth-order valence-electron chi connectivity index (χ4n) is 2.59. The molecule has 0 aliphatic carbocycles. The average molecular weight is 220 g/mol. The predicted octanol–water partition coefficient (Wildman–Crippen LogP) is 1.73. The topological polar surface area (TPSA) is 68.2 Å². The molecule has 2 atom stereocenters. The first-order valence-electron chi connectivity index (χ1n) is 5.82. The lowest BCUT2D eigenvalue weighted by Gasteiger charge is -2.36. The molecule has 0 saturated carbocycles. The van der Waals surface area contributed by atoms with Crippen LogP contribution in [-0.4, -0.2) is 18.1 Å². The van der Waals surface area contributed by atoms with E-state index in [-0.39, 0.29) is 0 Å². The van der Waals surface area contributed by atoms with Gasteiger partial charge in [-0.25, -0.2) is 4.98 Å². The number of hydrogen-bond acceptors (Lipinski definition) is 4. The summed E-state index contributed by atoms with van der Waals surface area (Å²) in [6, 6.07) is 1.78. The number of hydrogen-bond donors (Lipinski definition) is 2. The summed E-state index contributed by atoms with van der Waals surface area (Å²) in [4.78, 5) is 6.62. The van der Waals surface area contributed by atoms with Gasteiger partial charge in [-0.2, -0.15) is 0 Å². The largest absolute Gasteiger partial charge is 0.397 e. The van der Waals surface area contributed by atoms with Crippen LogP contribution in [0, 0.1) is 11.8 Å². The Bertz CT molecular complexity index is 367. The maximum Gasteiger partial charge on any atom is 0.151 e. The summed E-state index contributed by atoms with van der Waals surface area (Å²) in [6.07, 6.45) is 2.96. The first-order valence-corrected chi connectivity index (χ1v) is 5.82. The molecular weight excluding hydrogens is 200 g/mol. The van der Waals surface area contributed by atoms with Crippen molar-refractivity contribution < 1.29 is 0 Å². The monoisotopic (exact) mass is 220 g/mol. The van der Waals surface area contributed by atoms with Crippen LogP contribution in [0.3, 0.4) is 0 Å². The molecule has 1 saturated heterocycles. The summed E-state index contributed by atoms with van der Waals surface area (Å²) in [5.74, 6) is 2.28. The SMILES string of the molecule is C[C@@H]1C[C@H](C)CN(c2ncc(N)cc2N)C1. The van der Waals surface area contributed by atoms with Crippen LogP contribution >= 0.6 is 0 Å². The Hall–Kier alpha value is -1.45. The summed E-state index contributed by atoms with van der Waals surface area (Å²) in [5, 5.41) is 0. The first kappa shape index (κ1) is 11.0. The number of nitrogens with zero attached hydrogens (tertiary/aromatic N) is 2. The maximum atomic E-state index is 5.96. The van der Waals surface area contributed by atoms with Crippen molar-refractivity contribution in [2.24, 2.45) is 11.8 Å². The van der Waals surface area contributed by atoms with Crippen LogP contribution in [0.4, 0.5) is 17.2 Å². The Morgan fingerprint density at radius 1 is 1.25 bits per heavy atom. The van der Waals surface area contributed by atoms with Crippen molar-refractivity contribution in [1.29, 1.82) is 0 Å².